The first-order valence-electron chi connectivity index (χ1n) is 15.2. The van der Waals surface area contributed by atoms with E-state index in [1.54, 1.807) is 11.1 Å². The van der Waals surface area contributed by atoms with Crippen molar-refractivity contribution in [1.29, 1.82) is 0 Å². The fraction of sp³-hybridized carbons (Fsp3) is 0.500. The Morgan fingerprint density at radius 1 is 1.30 bits per heavy atom. The van der Waals surface area contributed by atoms with Crippen LogP contribution in [0.4, 0.5) is 10.6 Å². The van der Waals surface area contributed by atoms with Crippen LogP contribution in [0.3, 0.4) is 0 Å². The van der Waals surface area contributed by atoms with Crippen LogP contribution in [0.25, 0.3) is 16.6 Å². The first kappa shape index (κ1) is 30.3. The monoisotopic (exact) mass is 586 g/mol. The molecule has 0 aromatic carbocycles. The summed E-state index contributed by atoms with van der Waals surface area (Å²) in [6, 6.07) is 6.24. The summed E-state index contributed by atoms with van der Waals surface area (Å²) in [5.41, 5.74) is 13.8. The van der Waals surface area contributed by atoms with Gasteiger partial charge < -0.3 is 26.3 Å². The van der Waals surface area contributed by atoms with Gasteiger partial charge in [-0.15, -0.1) is 0 Å². The number of hydrogen-bond acceptors (Lipinski definition) is 9. The fourth-order valence-corrected chi connectivity index (χ4v) is 5.92. The van der Waals surface area contributed by atoms with Crippen LogP contribution < -0.4 is 16.5 Å². The number of urea groups is 1. The zero-order valence-electron chi connectivity index (χ0n) is 26.3. The van der Waals surface area contributed by atoms with Gasteiger partial charge in [0.2, 0.25) is 0 Å². The van der Waals surface area contributed by atoms with Crippen molar-refractivity contribution in [2.45, 2.75) is 51.6 Å². The van der Waals surface area contributed by atoms with Crippen LogP contribution in [0.2, 0.25) is 0 Å². The Kier molecular flexibility index (Phi) is 8.91. The fourth-order valence-electron chi connectivity index (χ4n) is 5.92. The third-order valence-corrected chi connectivity index (χ3v) is 8.46. The van der Waals surface area contributed by atoms with Crippen LogP contribution in [0, 0.1) is 5.92 Å². The number of hydrazine groups is 1. The Morgan fingerprint density at radius 3 is 2.79 bits per heavy atom. The Balaban J connectivity index is 1.18. The van der Waals surface area contributed by atoms with E-state index in [4.69, 9.17) is 10.7 Å². The van der Waals surface area contributed by atoms with Crippen molar-refractivity contribution in [2.24, 2.45) is 16.6 Å². The van der Waals surface area contributed by atoms with Crippen LogP contribution in [-0.4, -0.2) is 101 Å². The molecule has 3 aliphatic rings. The van der Waals surface area contributed by atoms with Gasteiger partial charge in [-0.1, -0.05) is 13.8 Å². The highest BCUT2D eigenvalue weighted by molar-refractivity contribution is 6.10. The third-order valence-electron chi connectivity index (χ3n) is 8.46. The number of nitrogens with two attached hydrogens (primary N) is 1. The first-order chi connectivity index (χ1) is 20.6. The lowest BCUT2D eigenvalue weighted by Crippen LogP contribution is -2.63. The van der Waals surface area contributed by atoms with Crippen molar-refractivity contribution >= 4 is 34.7 Å². The van der Waals surface area contributed by atoms with E-state index < -0.39 is 0 Å². The zero-order chi connectivity index (χ0) is 30.7. The molecular formula is C32H46N10O. The molecule has 1 saturated heterocycles. The topological polar surface area (TPSA) is 118 Å². The molecule has 11 nitrogen and oxygen atoms in total. The van der Waals surface area contributed by atoms with Gasteiger partial charge in [0, 0.05) is 89.3 Å². The molecule has 0 radical (unpaired) electrons. The molecule has 2 aliphatic heterocycles. The lowest BCUT2D eigenvalue weighted by molar-refractivity contribution is 0.0343. The van der Waals surface area contributed by atoms with Crippen LogP contribution in [0.5, 0.6) is 0 Å². The van der Waals surface area contributed by atoms with E-state index >= 15 is 0 Å². The predicted molar refractivity (Wildman–Crippen MR) is 174 cm³/mol. The maximum Gasteiger partial charge on any atom is 0.320 e. The van der Waals surface area contributed by atoms with Crippen molar-refractivity contribution in [3.63, 3.8) is 0 Å². The minimum Gasteiger partial charge on any atom is -0.404 e. The number of anilines is 1. The van der Waals surface area contributed by atoms with E-state index in [0.29, 0.717) is 12.5 Å². The summed E-state index contributed by atoms with van der Waals surface area (Å²) in [4.78, 5) is 33.2. The van der Waals surface area contributed by atoms with Crippen LogP contribution in [0.15, 0.2) is 59.3 Å². The average molecular weight is 587 g/mol. The number of nitrogens with zero attached hydrogens (tertiary/aromatic N) is 7. The number of carbonyl (C=O) groups is 1. The molecule has 4 heterocycles. The Hall–Kier alpha value is -4.12. The molecular weight excluding hydrogens is 540 g/mol. The standard InChI is InChI=1S/C32H46N10O/c1-22(2)24-15-30(40(6)36-19-24)38-29-9-8-27-28(37-29)14-25(18-35-27)26(16-33)17-34-12-7-13-41-20-23(3)42(31(43)39(4)5)32(21-41)10-11-32/h8-9,14-19,22-23,36H,7,10-13,20-21,33H2,1-6H3,(H,37,38)/t23-/m1/s1. The maximum atomic E-state index is 12.8. The zero-order valence-corrected chi connectivity index (χ0v) is 26.3. The molecule has 2 aromatic heterocycles. The second-order valence-corrected chi connectivity index (χ2v) is 12.5. The lowest BCUT2D eigenvalue weighted by atomic mass is 10.0. The molecule has 1 saturated carbocycles. The number of aromatic nitrogens is 2. The molecule has 2 amide bonds. The number of amides is 2. The number of piperazine rings is 1. The highest BCUT2D eigenvalue weighted by Gasteiger charge is 2.55. The normalized spacial score (nSPS) is 20.4. The second-order valence-electron chi connectivity index (χ2n) is 12.5. The molecule has 4 N–H and O–H groups in total. The number of allylic oxidation sites excluding steroid dienone is 3. The van der Waals surface area contributed by atoms with Crippen molar-refractivity contribution in [3.05, 3.63) is 59.8 Å². The van der Waals surface area contributed by atoms with Crippen molar-refractivity contribution in [1.82, 2.24) is 35.1 Å². The molecule has 5 rings (SSSR count). The molecule has 0 unspecified atom stereocenters. The molecule has 11 heteroatoms. The Bertz CT molecular complexity index is 1460. The van der Waals surface area contributed by atoms with Crippen LogP contribution in [0.1, 0.15) is 45.6 Å². The first-order valence-corrected chi connectivity index (χ1v) is 15.2. The Morgan fingerprint density at radius 2 is 2.09 bits per heavy atom. The minimum absolute atomic E-state index is 0.0124. The molecule has 230 valence electrons. The summed E-state index contributed by atoms with van der Waals surface area (Å²) < 4.78 is 0. The van der Waals surface area contributed by atoms with E-state index in [1.165, 1.54) is 5.57 Å². The van der Waals surface area contributed by atoms with Gasteiger partial charge in [-0.3, -0.25) is 19.9 Å². The van der Waals surface area contributed by atoms with E-state index in [0.717, 1.165) is 72.7 Å². The quantitative estimate of drug-likeness (QED) is 0.300. The van der Waals surface area contributed by atoms with Crippen molar-refractivity contribution in [3.8, 4) is 0 Å². The number of nitrogens with one attached hydrogen (secondary N) is 2. The number of fused-ring (bicyclic) bond motifs is 1. The van der Waals surface area contributed by atoms with Crippen LogP contribution in [-0.2, 0) is 0 Å². The maximum absolute atomic E-state index is 12.8. The number of rotatable bonds is 9. The van der Waals surface area contributed by atoms with Gasteiger partial charge in [0.05, 0.1) is 16.6 Å². The van der Waals surface area contributed by atoms with Gasteiger partial charge in [0.15, 0.2) is 0 Å². The van der Waals surface area contributed by atoms with Crippen LogP contribution >= 0.6 is 0 Å². The molecule has 1 spiro atoms. The number of aliphatic imine (C=N–C) groups is 1. The predicted octanol–water partition coefficient (Wildman–Crippen LogP) is 3.85. The van der Waals surface area contributed by atoms with E-state index in [9.17, 15) is 4.79 Å². The number of hydrogen-bond donors (Lipinski definition) is 3. The van der Waals surface area contributed by atoms with Gasteiger partial charge in [-0.25, -0.2) is 9.78 Å². The number of carbonyl (C=O) groups excluding carboxylic acids is 1. The van der Waals surface area contributed by atoms with Gasteiger partial charge in [-0.05, 0) is 62.0 Å². The van der Waals surface area contributed by atoms with Crippen molar-refractivity contribution in [2.75, 3.05) is 52.6 Å². The Labute approximate surface area is 255 Å². The smallest absolute Gasteiger partial charge is 0.320 e. The summed E-state index contributed by atoms with van der Waals surface area (Å²) in [5, 5.41) is 5.35. The van der Waals surface area contributed by atoms with Gasteiger partial charge >= 0.3 is 6.03 Å². The highest BCUT2D eigenvalue weighted by Crippen LogP contribution is 2.46. The number of pyridine rings is 2. The summed E-state index contributed by atoms with van der Waals surface area (Å²) in [5.74, 6) is 2.06. The van der Waals surface area contributed by atoms with Gasteiger partial charge in [0.1, 0.15) is 11.6 Å². The molecule has 1 aliphatic carbocycles. The molecule has 1 atom stereocenters. The highest BCUT2D eigenvalue weighted by atomic mass is 16.2. The molecule has 2 aromatic rings. The summed E-state index contributed by atoms with van der Waals surface area (Å²) >= 11 is 0. The average Bonchev–Trinajstić information content (AvgIpc) is 3.73. The summed E-state index contributed by atoms with van der Waals surface area (Å²) in [7, 11) is 5.64. The van der Waals surface area contributed by atoms with Gasteiger partial charge in [0.25, 0.3) is 0 Å². The molecule has 43 heavy (non-hydrogen) atoms. The minimum atomic E-state index is 0.0124. The van der Waals surface area contributed by atoms with Crippen molar-refractivity contribution < 1.29 is 4.79 Å². The molecule has 2 fully saturated rings. The largest absolute Gasteiger partial charge is 0.404 e. The lowest BCUT2D eigenvalue weighted by Gasteiger charge is -2.47. The molecule has 0 bridgehead atoms. The van der Waals surface area contributed by atoms with E-state index in [-0.39, 0.29) is 17.6 Å². The third kappa shape index (κ3) is 6.77. The SMILES string of the molecule is CC(C)C1=CNN(C)C(Nc2ccc3ncc(C(C=NCCCN4C[C@@H](C)N(C(=O)N(C)C)C5(CC5)C4)=CN)cc3n2)=C1. The van der Waals surface area contributed by atoms with E-state index in [2.05, 4.69) is 57.4 Å². The second kappa shape index (κ2) is 12.6. The summed E-state index contributed by atoms with van der Waals surface area (Å²) in [6.07, 6.45) is 12.5. The summed E-state index contributed by atoms with van der Waals surface area (Å²) in [6.45, 7) is 10.0. The van der Waals surface area contributed by atoms with Gasteiger partial charge in [-0.2, -0.15) is 0 Å². The van der Waals surface area contributed by atoms with E-state index in [1.807, 2.05) is 63.0 Å².